The van der Waals surface area contributed by atoms with Crippen molar-refractivity contribution < 1.29 is 8.42 Å². The largest absolute Gasteiger partial charge is 0.326 e. The summed E-state index contributed by atoms with van der Waals surface area (Å²) in [7, 11) is -3.76. The molecule has 4 nitrogen and oxygen atoms in total. The average molecular weight is 345 g/mol. The highest BCUT2D eigenvalue weighted by atomic mass is 35.5. The maximum absolute atomic E-state index is 12.5. The van der Waals surface area contributed by atoms with Crippen molar-refractivity contribution >= 4 is 38.9 Å². The van der Waals surface area contributed by atoms with Gasteiger partial charge in [0.25, 0.3) is 10.0 Å². The first-order valence-corrected chi connectivity index (χ1v) is 8.35. The quantitative estimate of drug-likeness (QED) is 0.890. The minimum Gasteiger partial charge on any atom is -0.326 e. The van der Waals surface area contributed by atoms with Gasteiger partial charge < -0.3 is 5.73 Å². The standard InChI is InChI=1S/C14H14Cl2N2O2S/c1-9-10(8-17)5-12(16)7-14(9)21(19,20)18-13-4-2-3-11(15)6-13/h2-7,18H,8,17H2,1H3. The van der Waals surface area contributed by atoms with E-state index in [1.807, 2.05) is 0 Å². The molecule has 0 amide bonds. The highest BCUT2D eigenvalue weighted by Crippen LogP contribution is 2.26. The highest BCUT2D eigenvalue weighted by Gasteiger charge is 2.19. The zero-order valence-electron chi connectivity index (χ0n) is 11.2. The predicted molar refractivity (Wildman–Crippen MR) is 86.3 cm³/mol. The van der Waals surface area contributed by atoms with Gasteiger partial charge >= 0.3 is 0 Å². The number of sulfonamides is 1. The van der Waals surface area contributed by atoms with E-state index in [1.165, 1.54) is 12.1 Å². The van der Waals surface area contributed by atoms with E-state index < -0.39 is 10.0 Å². The number of benzene rings is 2. The Bertz CT molecular complexity index is 777. The molecular weight excluding hydrogens is 331 g/mol. The van der Waals surface area contributed by atoms with Gasteiger partial charge in [0.1, 0.15) is 0 Å². The van der Waals surface area contributed by atoms with Crippen molar-refractivity contribution in [3.63, 3.8) is 0 Å². The van der Waals surface area contributed by atoms with E-state index in [1.54, 1.807) is 31.2 Å². The third-order valence-corrected chi connectivity index (χ3v) is 4.98. The number of rotatable bonds is 4. The minimum absolute atomic E-state index is 0.107. The number of halogens is 2. The van der Waals surface area contributed by atoms with E-state index in [9.17, 15) is 8.42 Å². The highest BCUT2D eigenvalue weighted by molar-refractivity contribution is 7.92. The van der Waals surface area contributed by atoms with Gasteiger partial charge in [-0.2, -0.15) is 0 Å². The Labute approximate surface area is 133 Å². The smallest absolute Gasteiger partial charge is 0.262 e. The van der Waals surface area contributed by atoms with Crippen LogP contribution in [0.1, 0.15) is 11.1 Å². The lowest BCUT2D eigenvalue weighted by Gasteiger charge is -2.13. The van der Waals surface area contributed by atoms with Crippen molar-refractivity contribution in [3.05, 3.63) is 57.6 Å². The molecule has 0 heterocycles. The van der Waals surface area contributed by atoms with Crippen LogP contribution in [0.25, 0.3) is 0 Å². The van der Waals surface area contributed by atoms with Crippen LogP contribution < -0.4 is 10.5 Å². The van der Waals surface area contributed by atoms with Crippen LogP contribution in [0, 0.1) is 6.92 Å². The van der Waals surface area contributed by atoms with E-state index in [0.29, 0.717) is 26.9 Å². The molecule has 2 aromatic rings. The molecule has 2 aromatic carbocycles. The van der Waals surface area contributed by atoms with E-state index in [2.05, 4.69) is 4.72 Å². The van der Waals surface area contributed by atoms with Crippen molar-refractivity contribution in [3.8, 4) is 0 Å². The maximum Gasteiger partial charge on any atom is 0.262 e. The Morgan fingerprint density at radius 1 is 1.14 bits per heavy atom. The van der Waals surface area contributed by atoms with Crippen molar-refractivity contribution in [1.82, 2.24) is 0 Å². The molecule has 0 radical (unpaired) electrons. The van der Waals surface area contributed by atoms with Gasteiger partial charge in [0.05, 0.1) is 10.6 Å². The van der Waals surface area contributed by atoms with Crippen LogP contribution >= 0.6 is 23.2 Å². The van der Waals surface area contributed by atoms with Gasteiger partial charge in [0.2, 0.25) is 0 Å². The minimum atomic E-state index is -3.76. The van der Waals surface area contributed by atoms with Crippen LogP contribution in [-0.4, -0.2) is 8.42 Å². The first-order chi connectivity index (χ1) is 9.83. The Kier molecular flexibility index (Phi) is 4.78. The molecule has 0 bridgehead atoms. The van der Waals surface area contributed by atoms with Gasteiger partial charge in [0, 0.05) is 16.6 Å². The topological polar surface area (TPSA) is 72.2 Å². The Balaban J connectivity index is 2.47. The van der Waals surface area contributed by atoms with Crippen LogP contribution in [0.15, 0.2) is 41.3 Å². The molecule has 0 saturated heterocycles. The molecule has 0 spiro atoms. The Morgan fingerprint density at radius 3 is 2.48 bits per heavy atom. The number of hydrogen-bond donors (Lipinski definition) is 2. The molecule has 7 heteroatoms. The van der Waals surface area contributed by atoms with Gasteiger partial charge in [-0.3, -0.25) is 4.72 Å². The number of hydrogen-bond acceptors (Lipinski definition) is 3. The van der Waals surface area contributed by atoms with E-state index in [0.717, 1.165) is 0 Å². The summed E-state index contributed by atoms with van der Waals surface area (Å²) in [6.45, 7) is 1.91. The van der Waals surface area contributed by atoms with E-state index >= 15 is 0 Å². The van der Waals surface area contributed by atoms with Crippen molar-refractivity contribution in [1.29, 1.82) is 0 Å². The fraction of sp³-hybridized carbons (Fsp3) is 0.143. The summed E-state index contributed by atoms with van der Waals surface area (Å²) in [6.07, 6.45) is 0. The molecule has 21 heavy (non-hydrogen) atoms. The second-order valence-electron chi connectivity index (χ2n) is 4.51. The number of anilines is 1. The summed E-state index contributed by atoms with van der Waals surface area (Å²) in [5.41, 5.74) is 7.27. The fourth-order valence-electron chi connectivity index (χ4n) is 1.96. The monoisotopic (exact) mass is 344 g/mol. The first-order valence-electron chi connectivity index (χ1n) is 6.11. The SMILES string of the molecule is Cc1c(CN)cc(Cl)cc1S(=O)(=O)Nc1cccc(Cl)c1. The van der Waals surface area contributed by atoms with Crippen LogP contribution in [0.4, 0.5) is 5.69 Å². The van der Waals surface area contributed by atoms with Crippen LogP contribution in [0.5, 0.6) is 0 Å². The maximum atomic E-state index is 12.5. The summed E-state index contributed by atoms with van der Waals surface area (Å²) in [4.78, 5) is 0.107. The van der Waals surface area contributed by atoms with Crippen molar-refractivity contribution in [2.24, 2.45) is 5.73 Å². The van der Waals surface area contributed by atoms with E-state index in [4.69, 9.17) is 28.9 Å². The summed E-state index contributed by atoms with van der Waals surface area (Å²) in [5.74, 6) is 0. The van der Waals surface area contributed by atoms with Gasteiger partial charge in [-0.05, 0) is 48.4 Å². The fourth-order valence-corrected chi connectivity index (χ4v) is 3.82. The summed E-state index contributed by atoms with van der Waals surface area (Å²) >= 11 is 11.8. The van der Waals surface area contributed by atoms with Gasteiger partial charge in [-0.25, -0.2) is 8.42 Å². The summed E-state index contributed by atoms with van der Waals surface area (Å²) in [5, 5.41) is 0.771. The lowest BCUT2D eigenvalue weighted by Crippen LogP contribution is -2.15. The van der Waals surface area contributed by atoms with Gasteiger partial charge in [0.15, 0.2) is 0 Å². The molecule has 0 atom stereocenters. The summed E-state index contributed by atoms with van der Waals surface area (Å²) < 4.78 is 27.5. The van der Waals surface area contributed by atoms with Crippen LogP contribution in [0.2, 0.25) is 10.0 Å². The Morgan fingerprint density at radius 2 is 1.86 bits per heavy atom. The molecule has 0 aliphatic heterocycles. The van der Waals surface area contributed by atoms with Crippen molar-refractivity contribution in [2.75, 3.05) is 4.72 Å². The molecule has 0 aromatic heterocycles. The lowest BCUT2D eigenvalue weighted by atomic mass is 10.1. The molecule has 0 aliphatic rings. The molecule has 0 saturated carbocycles. The third kappa shape index (κ3) is 3.68. The number of nitrogens with two attached hydrogens (primary N) is 1. The molecule has 3 N–H and O–H groups in total. The normalized spacial score (nSPS) is 11.4. The first kappa shape index (κ1) is 16.1. The van der Waals surface area contributed by atoms with Crippen LogP contribution in [0.3, 0.4) is 0 Å². The zero-order valence-corrected chi connectivity index (χ0v) is 13.6. The molecule has 112 valence electrons. The average Bonchev–Trinajstić information content (AvgIpc) is 2.40. The van der Waals surface area contributed by atoms with Gasteiger partial charge in [-0.1, -0.05) is 29.3 Å². The van der Waals surface area contributed by atoms with E-state index in [-0.39, 0.29) is 11.4 Å². The van der Waals surface area contributed by atoms with Gasteiger partial charge in [-0.15, -0.1) is 0 Å². The lowest BCUT2D eigenvalue weighted by molar-refractivity contribution is 0.600. The van der Waals surface area contributed by atoms with Crippen LogP contribution in [-0.2, 0) is 16.6 Å². The Hall–Kier alpha value is -1.27. The second-order valence-corrected chi connectivity index (χ2v) is 7.03. The number of nitrogens with one attached hydrogen (secondary N) is 1. The molecule has 0 unspecified atom stereocenters. The molecule has 0 aliphatic carbocycles. The third-order valence-electron chi connectivity index (χ3n) is 3.02. The second kappa shape index (κ2) is 6.23. The molecule has 0 fully saturated rings. The van der Waals surface area contributed by atoms with Crippen molar-refractivity contribution in [2.45, 2.75) is 18.4 Å². The zero-order chi connectivity index (χ0) is 15.6. The summed E-state index contributed by atoms with van der Waals surface area (Å²) in [6, 6.07) is 9.54. The molecular formula is C14H14Cl2N2O2S. The predicted octanol–water partition coefficient (Wildman–Crippen LogP) is 3.56. The molecule has 2 rings (SSSR count).